The first-order valence-electron chi connectivity index (χ1n) is 6.05. The summed E-state index contributed by atoms with van der Waals surface area (Å²) >= 11 is 4.90. The normalized spacial score (nSPS) is 14.7. The summed E-state index contributed by atoms with van der Waals surface area (Å²) in [5, 5.41) is 0. The van der Waals surface area contributed by atoms with Crippen molar-refractivity contribution in [3.8, 4) is 0 Å². The van der Waals surface area contributed by atoms with Crippen molar-refractivity contribution in [2.45, 2.75) is 20.3 Å². The van der Waals surface area contributed by atoms with E-state index < -0.39 is 0 Å². The predicted octanol–water partition coefficient (Wildman–Crippen LogP) is 1.99. The van der Waals surface area contributed by atoms with Crippen LogP contribution >= 0.6 is 12.2 Å². The number of carbonyl (C=O) groups is 2. The summed E-state index contributed by atoms with van der Waals surface area (Å²) in [5.74, 6) is -0.478. The highest BCUT2D eigenvalue weighted by atomic mass is 32.1. The highest BCUT2D eigenvalue weighted by Gasteiger charge is 2.38. The van der Waals surface area contributed by atoms with Crippen molar-refractivity contribution in [3.63, 3.8) is 0 Å². The molecule has 2 amide bonds. The lowest BCUT2D eigenvalue weighted by Gasteiger charge is -2.28. The molecule has 0 fully saturated rings. The number of nitrogens with zero attached hydrogens (tertiary/aromatic N) is 1. The van der Waals surface area contributed by atoms with E-state index in [0.717, 1.165) is 0 Å². The molecule has 0 spiro atoms. The first-order valence-corrected chi connectivity index (χ1v) is 6.46. The van der Waals surface area contributed by atoms with Crippen molar-refractivity contribution in [3.05, 3.63) is 35.4 Å². The van der Waals surface area contributed by atoms with Crippen molar-refractivity contribution in [1.29, 1.82) is 0 Å². The summed E-state index contributed by atoms with van der Waals surface area (Å²) in [4.78, 5) is 26.1. The monoisotopic (exact) mass is 276 g/mol. The fraction of sp³-hybridized carbons (Fsp3) is 0.357. The van der Waals surface area contributed by atoms with Gasteiger partial charge in [0.05, 0.1) is 16.1 Å². The van der Waals surface area contributed by atoms with Gasteiger partial charge in [0, 0.05) is 13.0 Å². The number of carbonyl (C=O) groups excluding carboxylic acids is 2. The first kappa shape index (κ1) is 13.7. The number of rotatable bonds is 4. The zero-order valence-corrected chi connectivity index (χ0v) is 11.8. The van der Waals surface area contributed by atoms with Gasteiger partial charge in [-0.3, -0.25) is 14.5 Å². The van der Waals surface area contributed by atoms with Crippen LogP contribution in [0, 0.1) is 5.41 Å². The van der Waals surface area contributed by atoms with E-state index in [2.05, 4.69) is 0 Å². The molecule has 1 aliphatic rings. The molecular formula is C14H16N2O2S. The van der Waals surface area contributed by atoms with Crippen LogP contribution in [0.3, 0.4) is 0 Å². The zero-order chi connectivity index (χ0) is 14.2. The van der Waals surface area contributed by atoms with Crippen LogP contribution in [0.1, 0.15) is 41.0 Å². The Morgan fingerprint density at radius 3 is 2.11 bits per heavy atom. The van der Waals surface area contributed by atoms with E-state index in [1.807, 2.05) is 13.8 Å². The molecule has 0 saturated heterocycles. The average molecular weight is 276 g/mol. The Morgan fingerprint density at radius 1 is 1.21 bits per heavy atom. The molecule has 1 aromatic carbocycles. The fourth-order valence-corrected chi connectivity index (χ4v) is 2.73. The van der Waals surface area contributed by atoms with Crippen LogP contribution in [0.4, 0.5) is 0 Å². The third-order valence-corrected chi connectivity index (χ3v) is 3.26. The smallest absolute Gasteiger partial charge is 0.261 e. The number of thiocarbonyl (C=S) groups is 1. The summed E-state index contributed by atoms with van der Waals surface area (Å²) in [7, 11) is 0. The van der Waals surface area contributed by atoms with Crippen molar-refractivity contribution < 1.29 is 9.59 Å². The van der Waals surface area contributed by atoms with Crippen LogP contribution in [0.25, 0.3) is 0 Å². The highest BCUT2D eigenvalue weighted by molar-refractivity contribution is 7.80. The Balaban J connectivity index is 2.23. The Hall–Kier alpha value is -1.75. The molecule has 1 aromatic rings. The number of benzene rings is 1. The number of hydrogen-bond acceptors (Lipinski definition) is 3. The molecule has 4 nitrogen and oxygen atoms in total. The maximum Gasteiger partial charge on any atom is 0.261 e. The molecule has 0 radical (unpaired) electrons. The lowest BCUT2D eigenvalue weighted by Crippen LogP contribution is -2.39. The van der Waals surface area contributed by atoms with Crippen LogP contribution in [0.15, 0.2) is 24.3 Å². The maximum absolute atomic E-state index is 12.2. The molecule has 19 heavy (non-hydrogen) atoms. The average Bonchev–Trinajstić information content (AvgIpc) is 2.53. The predicted molar refractivity (Wildman–Crippen MR) is 77.0 cm³/mol. The molecule has 0 aromatic heterocycles. The number of imide groups is 1. The number of nitrogens with two attached hydrogens (primary N) is 1. The number of hydrogen-bond donors (Lipinski definition) is 1. The van der Waals surface area contributed by atoms with E-state index >= 15 is 0 Å². The van der Waals surface area contributed by atoms with Crippen LogP contribution in [-0.4, -0.2) is 28.2 Å². The molecular weight excluding hydrogens is 260 g/mol. The summed E-state index contributed by atoms with van der Waals surface area (Å²) in [6.07, 6.45) is 0.496. The minimum absolute atomic E-state index is 0.239. The number of amides is 2. The molecule has 0 atom stereocenters. The molecule has 0 bridgehead atoms. The van der Waals surface area contributed by atoms with Gasteiger partial charge in [0.15, 0.2) is 0 Å². The van der Waals surface area contributed by atoms with Crippen molar-refractivity contribution in [2.75, 3.05) is 6.54 Å². The third kappa shape index (κ3) is 2.66. The van der Waals surface area contributed by atoms with Gasteiger partial charge in [-0.05, 0) is 17.5 Å². The van der Waals surface area contributed by atoms with Crippen LogP contribution in [-0.2, 0) is 0 Å². The van der Waals surface area contributed by atoms with Gasteiger partial charge in [-0.15, -0.1) is 0 Å². The van der Waals surface area contributed by atoms with Gasteiger partial charge < -0.3 is 5.73 Å². The second-order valence-corrected chi connectivity index (χ2v) is 6.07. The van der Waals surface area contributed by atoms with Gasteiger partial charge in [0.2, 0.25) is 0 Å². The van der Waals surface area contributed by atoms with E-state index in [-0.39, 0.29) is 17.2 Å². The zero-order valence-electron chi connectivity index (χ0n) is 11.0. The second-order valence-electron chi connectivity index (χ2n) is 5.55. The highest BCUT2D eigenvalue weighted by Crippen LogP contribution is 2.28. The van der Waals surface area contributed by atoms with Gasteiger partial charge in [-0.25, -0.2) is 0 Å². The minimum atomic E-state index is -0.320. The maximum atomic E-state index is 12.2. The van der Waals surface area contributed by atoms with Gasteiger partial charge in [-0.2, -0.15) is 0 Å². The molecule has 5 heteroatoms. The van der Waals surface area contributed by atoms with E-state index in [1.54, 1.807) is 24.3 Å². The molecule has 0 aliphatic carbocycles. The van der Waals surface area contributed by atoms with Gasteiger partial charge >= 0.3 is 0 Å². The van der Waals surface area contributed by atoms with E-state index in [1.165, 1.54) is 4.90 Å². The Labute approximate surface area is 117 Å². The Kier molecular flexibility index (Phi) is 3.41. The van der Waals surface area contributed by atoms with E-state index in [0.29, 0.717) is 29.1 Å². The Bertz CT molecular complexity index is 531. The SMILES string of the molecule is CC(C)(CC(N)=S)CN1C(=O)c2ccccc2C1=O. The Morgan fingerprint density at radius 2 is 1.68 bits per heavy atom. The van der Waals surface area contributed by atoms with Crippen molar-refractivity contribution in [2.24, 2.45) is 11.1 Å². The van der Waals surface area contributed by atoms with Crippen LogP contribution in [0.2, 0.25) is 0 Å². The second kappa shape index (κ2) is 4.74. The lowest BCUT2D eigenvalue weighted by molar-refractivity contribution is 0.0594. The van der Waals surface area contributed by atoms with Crippen molar-refractivity contribution >= 4 is 29.0 Å². The van der Waals surface area contributed by atoms with Crippen molar-refractivity contribution in [1.82, 2.24) is 4.90 Å². The topological polar surface area (TPSA) is 63.4 Å². The molecule has 0 saturated carbocycles. The standard InChI is InChI=1S/C14H16N2O2S/c1-14(2,7-11(15)19)8-16-12(17)9-5-3-4-6-10(9)13(16)18/h3-6H,7-8H2,1-2H3,(H2,15,19). The molecule has 1 aliphatic heterocycles. The number of fused-ring (bicyclic) bond motifs is 1. The summed E-state index contributed by atoms with van der Waals surface area (Å²) in [5.41, 5.74) is 6.17. The van der Waals surface area contributed by atoms with Crippen LogP contribution in [0.5, 0.6) is 0 Å². The summed E-state index contributed by atoms with van der Waals surface area (Å²) in [6.45, 7) is 4.20. The molecule has 0 unspecified atom stereocenters. The summed E-state index contributed by atoms with van der Waals surface area (Å²) < 4.78 is 0. The van der Waals surface area contributed by atoms with E-state index in [9.17, 15) is 9.59 Å². The van der Waals surface area contributed by atoms with Gasteiger partial charge in [-0.1, -0.05) is 38.2 Å². The largest absolute Gasteiger partial charge is 0.393 e. The molecule has 1 heterocycles. The molecule has 2 N–H and O–H groups in total. The van der Waals surface area contributed by atoms with E-state index in [4.69, 9.17) is 18.0 Å². The fourth-order valence-electron chi connectivity index (χ4n) is 2.34. The minimum Gasteiger partial charge on any atom is -0.393 e. The third-order valence-electron chi connectivity index (χ3n) is 3.12. The quantitative estimate of drug-likeness (QED) is 0.674. The molecule has 2 rings (SSSR count). The first-order chi connectivity index (χ1) is 8.82. The van der Waals surface area contributed by atoms with Gasteiger partial charge in [0.1, 0.15) is 0 Å². The van der Waals surface area contributed by atoms with Gasteiger partial charge in [0.25, 0.3) is 11.8 Å². The molecule has 100 valence electrons. The summed E-state index contributed by atoms with van der Waals surface area (Å²) in [6, 6.07) is 6.87. The van der Waals surface area contributed by atoms with Crippen LogP contribution < -0.4 is 5.73 Å². The lowest BCUT2D eigenvalue weighted by atomic mass is 9.88.